The molecule has 154 valence electrons. The molecule has 1 aromatic rings. The Bertz CT molecular complexity index is 506. The molecule has 0 aromatic heterocycles. The van der Waals surface area contributed by atoms with E-state index in [1.807, 2.05) is 44.9 Å². The summed E-state index contributed by atoms with van der Waals surface area (Å²) in [5, 5.41) is 0. The molecule has 0 atom stereocenters. The van der Waals surface area contributed by atoms with Crippen molar-refractivity contribution < 1.29 is 9.59 Å². The summed E-state index contributed by atoms with van der Waals surface area (Å²) in [6, 6.07) is 7.69. The highest BCUT2D eigenvalue weighted by molar-refractivity contribution is 6.01. The number of amidine groups is 1. The summed E-state index contributed by atoms with van der Waals surface area (Å²) in [7, 11) is 0. The maximum atomic E-state index is 11.2. The number of aliphatic imine (C=N–C) groups is 1. The first-order valence-corrected chi connectivity index (χ1v) is 10.3. The molecule has 0 amide bonds. The maximum absolute atomic E-state index is 11.2. The molecule has 0 spiro atoms. The van der Waals surface area contributed by atoms with Gasteiger partial charge in [0.05, 0.1) is 6.54 Å². The molecule has 0 fully saturated rings. The summed E-state index contributed by atoms with van der Waals surface area (Å²) in [4.78, 5) is 25.9. The van der Waals surface area contributed by atoms with Crippen molar-refractivity contribution in [2.75, 3.05) is 19.6 Å². The van der Waals surface area contributed by atoms with Crippen LogP contribution in [0, 0.1) is 0 Å². The van der Waals surface area contributed by atoms with Crippen molar-refractivity contribution in [3.63, 3.8) is 0 Å². The molecular formula is C23H40N2O2. The first-order valence-electron chi connectivity index (χ1n) is 10.3. The van der Waals surface area contributed by atoms with Gasteiger partial charge in [0.15, 0.2) is 5.78 Å². The van der Waals surface area contributed by atoms with Gasteiger partial charge in [-0.05, 0) is 13.8 Å². The summed E-state index contributed by atoms with van der Waals surface area (Å²) in [5.41, 5.74) is 1.86. The third-order valence-electron chi connectivity index (χ3n) is 4.07. The van der Waals surface area contributed by atoms with Crippen molar-refractivity contribution in [2.45, 2.75) is 73.6 Å². The van der Waals surface area contributed by atoms with E-state index in [0.29, 0.717) is 0 Å². The number of nitrogens with zero attached hydrogens (tertiary/aromatic N) is 2. The Morgan fingerprint density at radius 1 is 1.00 bits per heavy atom. The van der Waals surface area contributed by atoms with Crippen LogP contribution >= 0.6 is 0 Å². The summed E-state index contributed by atoms with van der Waals surface area (Å²) in [5.74, 6) is 1.16. The first-order chi connectivity index (χ1) is 13.1. The average molecular weight is 377 g/mol. The van der Waals surface area contributed by atoms with Crippen LogP contribution in [0.15, 0.2) is 29.3 Å². The molecule has 0 radical (unpaired) electrons. The molecular weight excluding hydrogens is 336 g/mol. The molecule has 1 aromatic carbocycles. The van der Waals surface area contributed by atoms with Gasteiger partial charge in [0, 0.05) is 24.2 Å². The third kappa shape index (κ3) is 11.4. The van der Waals surface area contributed by atoms with Crippen LogP contribution in [0.5, 0.6) is 0 Å². The smallest absolute Gasteiger partial charge is 0.159 e. The second-order valence-electron chi connectivity index (χ2n) is 5.98. The zero-order valence-corrected chi connectivity index (χ0v) is 18.4. The molecule has 4 nitrogen and oxygen atoms in total. The van der Waals surface area contributed by atoms with Crippen molar-refractivity contribution in [2.24, 2.45) is 4.99 Å². The minimum absolute atomic E-state index is 0.104. The van der Waals surface area contributed by atoms with Crippen LogP contribution in [0.2, 0.25) is 0 Å². The van der Waals surface area contributed by atoms with Crippen molar-refractivity contribution in [3.05, 3.63) is 35.4 Å². The van der Waals surface area contributed by atoms with Crippen molar-refractivity contribution in [3.8, 4) is 0 Å². The molecule has 0 bridgehead atoms. The van der Waals surface area contributed by atoms with Crippen LogP contribution in [0.1, 0.15) is 89.6 Å². The Labute approximate surface area is 167 Å². The summed E-state index contributed by atoms with van der Waals surface area (Å²) in [6.45, 7) is 17.1. The molecule has 1 aliphatic heterocycles. The van der Waals surface area contributed by atoms with Gasteiger partial charge < -0.3 is 9.69 Å². The molecule has 0 aliphatic carbocycles. The lowest BCUT2D eigenvalue weighted by Crippen LogP contribution is -2.27. The van der Waals surface area contributed by atoms with Crippen LogP contribution in [-0.4, -0.2) is 42.9 Å². The number of carbonyl (C=O) groups is 2. The zero-order chi connectivity index (χ0) is 21.1. The number of likely N-dealkylation sites (N-methyl/N-ethyl adjacent to an activating group) is 1. The molecule has 0 unspecified atom stereocenters. The van der Waals surface area contributed by atoms with Crippen LogP contribution in [-0.2, 0) is 4.79 Å². The minimum atomic E-state index is 0.104. The van der Waals surface area contributed by atoms with Crippen LogP contribution in [0.25, 0.3) is 0 Å². The molecule has 0 saturated carbocycles. The topological polar surface area (TPSA) is 49.7 Å². The van der Waals surface area contributed by atoms with Crippen molar-refractivity contribution in [1.82, 2.24) is 4.90 Å². The highest BCUT2D eigenvalue weighted by Crippen LogP contribution is 2.12. The van der Waals surface area contributed by atoms with Crippen molar-refractivity contribution >= 4 is 18.4 Å². The van der Waals surface area contributed by atoms with Gasteiger partial charge in [-0.15, -0.1) is 0 Å². The fraction of sp³-hybridized carbons (Fsp3) is 0.609. The van der Waals surface area contributed by atoms with E-state index in [4.69, 9.17) is 4.79 Å². The Balaban J connectivity index is 0. The molecule has 2 rings (SSSR count). The number of Topliss-reactive ketones (excluding diaryl/α,β-unsaturated/α-hetero) is 1. The number of rotatable bonds is 7. The number of unbranched alkanes of at least 4 members (excludes halogenated alkanes) is 4. The molecule has 0 N–H and O–H groups in total. The fourth-order valence-electron chi connectivity index (χ4n) is 2.60. The fourth-order valence-corrected chi connectivity index (χ4v) is 2.60. The Morgan fingerprint density at radius 3 is 1.93 bits per heavy atom. The number of hydrogen-bond acceptors (Lipinski definition) is 4. The van der Waals surface area contributed by atoms with Crippen LogP contribution in [0.3, 0.4) is 0 Å². The van der Waals surface area contributed by atoms with Gasteiger partial charge in [-0.25, -0.2) is 0 Å². The maximum Gasteiger partial charge on any atom is 0.159 e. The molecule has 1 heterocycles. The van der Waals surface area contributed by atoms with Gasteiger partial charge in [-0.2, -0.15) is 0 Å². The third-order valence-corrected chi connectivity index (χ3v) is 4.07. The van der Waals surface area contributed by atoms with Gasteiger partial charge in [-0.1, -0.05) is 84.1 Å². The Hall–Kier alpha value is -1.97. The van der Waals surface area contributed by atoms with Gasteiger partial charge in [-0.3, -0.25) is 9.79 Å². The standard InChI is InChI=1S/C13H16N2O.C7H16.C2H6.CH2O/c1-3-15-9-8-14-13(15)12-6-4-11(5-7-12)10(2)16;1-3-5-7-6-4-2;2*1-2/h4-7H,3,8-9H2,1-2H3;3-7H2,1-2H3;1-2H3;1H2. The highest BCUT2D eigenvalue weighted by Gasteiger charge is 2.16. The van der Waals surface area contributed by atoms with Gasteiger partial charge in [0.1, 0.15) is 12.6 Å². The van der Waals surface area contributed by atoms with E-state index in [-0.39, 0.29) is 5.78 Å². The zero-order valence-electron chi connectivity index (χ0n) is 18.4. The number of hydrogen-bond donors (Lipinski definition) is 0. The molecule has 0 saturated heterocycles. The lowest BCUT2D eigenvalue weighted by Gasteiger charge is -2.17. The Kier molecular flexibility index (Phi) is 19.0. The molecule has 27 heavy (non-hydrogen) atoms. The van der Waals surface area contributed by atoms with Gasteiger partial charge >= 0.3 is 0 Å². The predicted molar refractivity (Wildman–Crippen MR) is 118 cm³/mol. The second-order valence-corrected chi connectivity index (χ2v) is 5.98. The van der Waals surface area contributed by atoms with E-state index in [1.54, 1.807) is 6.92 Å². The first kappa shape index (κ1) is 27.3. The van der Waals surface area contributed by atoms with E-state index < -0.39 is 0 Å². The second kappa shape index (κ2) is 18.8. The summed E-state index contributed by atoms with van der Waals surface area (Å²) in [6.07, 6.45) is 7.01. The van der Waals surface area contributed by atoms with E-state index in [2.05, 4.69) is 30.7 Å². The minimum Gasteiger partial charge on any atom is -0.355 e. The van der Waals surface area contributed by atoms with Gasteiger partial charge in [0.25, 0.3) is 0 Å². The van der Waals surface area contributed by atoms with E-state index in [9.17, 15) is 4.79 Å². The van der Waals surface area contributed by atoms with Crippen LogP contribution < -0.4 is 0 Å². The normalized spacial score (nSPS) is 11.8. The summed E-state index contributed by atoms with van der Waals surface area (Å²) < 4.78 is 0. The van der Waals surface area contributed by atoms with Gasteiger partial charge in [0.2, 0.25) is 0 Å². The molecule has 4 heteroatoms. The summed E-state index contributed by atoms with van der Waals surface area (Å²) >= 11 is 0. The average Bonchev–Trinajstić information content (AvgIpc) is 3.21. The SMILES string of the molecule is C=O.CC.CCCCCCC.CCN1CCN=C1c1ccc(C(C)=O)cc1. The number of carbonyl (C=O) groups excluding carboxylic acids is 2. The Morgan fingerprint density at radius 2 is 1.52 bits per heavy atom. The van der Waals surface area contributed by atoms with E-state index in [1.165, 1.54) is 32.1 Å². The van der Waals surface area contributed by atoms with Crippen LogP contribution in [0.4, 0.5) is 0 Å². The van der Waals surface area contributed by atoms with Crippen molar-refractivity contribution in [1.29, 1.82) is 0 Å². The monoisotopic (exact) mass is 376 g/mol. The van der Waals surface area contributed by atoms with E-state index >= 15 is 0 Å². The lowest BCUT2D eigenvalue weighted by molar-refractivity contribution is -0.0980. The molecule has 1 aliphatic rings. The lowest BCUT2D eigenvalue weighted by atomic mass is 10.1. The largest absolute Gasteiger partial charge is 0.355 e. The number of benzene rings is 1. The quantitative estimate of drug-likeness (QED) is 0.447. The predicted octanol–water partition coefficient (Wildman–Crippen LogP) is 5.79. The highest BCUT2D eigenvalue weighted by atomic mass is 16.1. The number of ketones is 1. The van der Waals surface area contributed by atoms with E-state index in [0.717, 1.165) is 36.6 Å².